The van der Waals surface area contributed by atoms with Crippen LogP contribution in [-0.4, -0.2) is 149 Å². The van der Waals surface area contributed by atoms with E-state index >= 15 is 0 Å². The summed E-state index contributed by atoms with van der Waals surface area (Å²) >= 11 is 0. The highest BCUT2D eigenvalue weighted by Gasteiger charge is 2.53. The Balaban J connectivity index is 2.22. The van der Waals surface area contributed by atoms with Crippen molar-refractivity contribution >= 4 is 17.7 Å². The lowest BCUT2D eigenvalue weighted by Crippen LogP contribution is -2.61. The van der Waals surface area contributed by atoms with Crippen LogP contribution in [0.4, 0.5) is 0 Å². The Morgan fingerprint density at radius 1 is 0.926 bits per heavy atom. The Bertz CT molecular complexity index is 1250. The number of carbonyl (C=O) groups excluding carboxylic acids is 3. The number of rotatable bonds is 9. The lowest BCUT2D eigenvalue weighted by atomic mass is 9.74. The number of cyclic esters (lactones) is 1. The van der Waals surface area contributed by atoms with Crippen LogP contribution in [0.2, 0.25) is 0 Å². The molecule has 0 radical (unpaired) electrons. The highest BCUT2D eigenvalue weighted by molar-refractivity contribution is 5.83. The molecule has 3 saturated heterocycles. The molecule has 0 spiro atoms. The molecule has 54 heavy (non-hydrogen) atoms. The molecule has 0 saturated carbocycles. The summed E-state index contributed by atoms with van der Waals surface area (Å²) in [6, 6.07) is -0.315. The topological polar surface area (TPSA) is 200 Å². The Morgan fingerprint density at radius 3 is 2.11 bits per heavy atom. The van der Waals surface area contributed by atoms with Gasteiger partial charge in [0.15, 0.2) is 18.7 Å². The van der Waals surface area contributed by atoms with Gasteiger partial charge >= 0.3 is 11.9 Å². The van der Waals surface area contributed by atoms with Gasteiger partial charge in [0.25, 0.3) is 0 Å². The van der Waals surface area contributed by atoms with Gasteiger partial charge in [0.05, 0.1) is 54.2 Å². The van der Waals surface area contributed by atoms with E-state index in [2.05, 4.69) is 0 Å². The van der Waals surface area contributed by atoms with E-state index in [9.17, 15) is 34.8 Å². The van der Waals surface area contributed by atoms with E-state index in [-0.39, 0.29) is 37.8 Å². The maximum Gasteiger partial charge on any atom is 0.311 e. The largest absolute Gasteiger partial charge is 0.459 e. The van der Waals surface area contributed by atoms with E-state index in [1.165, 1.54) is 27.9 Å². The number of Topliss-reactive ketones (excluding diaryl/α,β-unsaturated/α-hetero) is 1. The Morgan fingerprint density at radius 2 is 1.56 bits per heavy atom. The normalized spacial score (nSPS) is 46.1. The first kappa shape index (κ1) is 46.6. The SMILES string of the molecule is CCC(=O)OC1C(N(C)C)CC(C)O[C@H]1O[C@H]1[C@H](C)[C@@H](O[C@@H]2CC(OC)[C@H](O)C(C)O2)[C@@H](C)C(=O)O[C@@H](CC)[C@](C)(O)[C@@H](O)[C@H](C)C(=O)[C@@H](C)C[C@]1(C)O. The number of aliphatic hydroxyl groups is 4. The molecule has 4 N–H and O–H groups in total. The first-order chi connectivity index (χ1) is 25.0. The average molecular weight is 776 g/mol. The fraction of sp³-hybridized carbons (Fsp3) is 0.923. The first-order valence-electron chi connectivity index (χ1n) is 19.6. The lowest BCUT2D eigenvalue weighted by molar-refractivity contribution is -0.313. The van der Waals surface area contributed by atoms with Crippen molar-refractivity contribution in [3.05, 3.63) is 0 Å². The molecule has 5 unspecified atom stereocenters. The zero-order valence-corrected chi connectivity index (χ0v) is 34.6. The van der Waals surface area contributed by atoms with Gasteiger partial charge in [-0.05, 0) is 68.0 Å². The van der Waals surface area contributed by atoms with Crippen molar-refractivity contribution in [2.45, 2.75) is 186 Å². The number of ether oxygens (including phenoxy) is 7. The highest BCUT2D eigenvalue weighted by Crippen LogP contribution is 2.40. The standard InChI is InChI=1S/C39H69NO14/c1-14-27-39(10,47)34(44)21(5)30(42)19(3)18-38(9,46)35(54-37-33(52-28(41)15-2)25(40(11)12)16-20(4)49-37)22(6)32(23(7)36(45)51-27)53-29-17-26(48-13)31(43)24(8)50-29/h19-27,29,31-35,37,43-44,46-47H,14-18H2,1-13H3/t19-,20?,21+,22+,23+,24?,25?,26?,27-,29+,31+,32+,33?,34-,35-,37-,38-,39-/m0/s1. The molecule has 18 atom stereocenters. The maximum atomic E-state index is 14.1. The van der Waals surface area contributed by atoms with Crippen LogP contribution in [0.3, 0.4) is 0 Å². The van der Waals surface area contributed by atoms with Gasteiger partial charge < -0.3 is 58.5 Å². The van der Waals surface area contributed by atoms with Crippen LogP contribution in [0.5, 0.6) is 0 Å². The third kappa shape index (κ3) is 10.6. The fourth-order valence-corrected chi connectivity index (χ4v) is 8.49. The van der Waals surface area contributed by atoms with E-state index < -0.39 is 114 Å². The zero-order chi connectivity index (χ0) is 41.0. The summed E-state index contributed by atoms with van der Waals surface area (Å²) in [5.74, 6) is -5.55. The summed E-state index contributed by atoms with van der Waals surface area (Å²) in [4.78, 5) is 42.8. The summed E-state index contributed by atoms with van der Waals surface area (Å²) in [5, 5.41) is 46.2. The van der Waals surface area contributed by atoms with Gasteiger partial charge in [0, 0.05) is 37.7 Å². The molecule has 0 aromatic heterocycles. The van der Waals surface area contributed by atoms with Crippen molar-refractivity contribution in [1.29, 1.82) is 0 Å². The second-order valence-corrected chi connectivity index (χ2v) is 16.6. The van der Waals surface area contributed by atoms with E-state index in [0.29, 0.717) is 6.42 Å². The molecule has 15 heteroatoms. The molecule has 0 aromatic carbocycles. The molecule has 0 amide bonds. The van der Waals surface area contributed by atoms with Crippen LogP contribution in [0.15, 0.2) is 0 Å². The molecule has 3 heterocycles. The number of likely N-dealkylation sites (N-methyl/N-ethyl adjacent to an activating group) is 1. The van der Waals surface area contributed by atoms with Gasteiger partial charge in [-0.25, -0.2) is 0 Å². The van der Waals surface area contributed by atoms with Crippen molar-refractivity contribution in [2.24, 2.45) is 23.7 Å². The summed E-state index contributed by atoms with van der Waals surface area (Å²) in [6.45, 7) is 16.3. The smallest absolute Gasteiger partial charge is 0.311 e. The first-order valence-corrected chi connectivity index (χ1v) is 19.6. The zero-order valence-electron chi connectivity index (χ0n) is 34.6. The van der Waals surface area contributed by atoms with Gasteiger partial charge in [-0.1, -0.05) is 34.6 Å². The van der Waals surface area contributed by atoms with E-state index in [1.54, 1.807) is 41.5 Å². The van der Waals surface area contributed by atoms with Gasteiger partial charge in [-0.15, -0.1) is 0 Å². The molecule has 3 rings (SSSR count). The Hall–Kier alpha value is -1.79. The predicted octanol–water partition coefficient (Wildman–Crippen LogP) is 2.36. The quantitative estimate of drug-likeness (QED) is 0.249. The monoisotopic (exact) mass is 775 g/mol. The predicted molar refractivity (Wildman–Crippen MR) is 196 cm³/mol. The maximum absolute atomic E-state index is 14.1. The molecule has 3 fully saturated rings. The minimum absolute atomic E-state index is 0.109. The molecule has 3 aliphatic rings. The molecule has 15 nitrogen and oxygen atoms in total. The van der Waals surface area contributed by atoms with Gasteiger partial charge in [0.1, 0.15) is 23.6 Å². The van der Waals surface area contributed by atoms with Crippen molar-refractivity contribution in [1.82, 2.24) is 4.90 Å². The van der Waals surface area contributed by atoms with Crippen molar-refractivity contribution < 1.29 is 68.0 Å². The minimum Gasteiger partial charge on any atom is -0.459 e. The number of methoxy groups -OCH3 is 1. The van der Waals surface area contributed by atoms with Gasteiger partial charge in [-0.3, -0.25) is 14.4 Å². The van der Waals surface area contributed by atoms with Crippen molar-refractivity contribution in [3.8, 4) is 0 Å². The van der Waals surface area contributed by atoms with Crippen LogP contribution in [-0.2, 0) is 47.5 Å². The summed E-state index contributed by atoms with van der Waals surface area (Å²) < 4.78 is 43.2. The fourth-order valence-electron chi connectivity index (χ4n) is 8.49. The number of ketones is 1. The third-order valence-electron chi connectivity index (χ3n) is 11.8. The molecule has 3 aliphatic heterocycles. The van der Waals surface area contributed by atoms with Crippen LogP contribution >= 0.6 is 0 Å². The van der Waals surface area contributed by atoms with Gasteiger partial charge in [0.2, 0.25) is 0 Å². The number of carbonyl (C=O) groups is 3. The van der Waals surface area contributed by atoms with E-state index in [1.807, 2.05) is 25.9 Å². The molecule has 0 aliphatic carbocycles. The summed E-state index contributed by atoms with van der Waals surface area (Å²) in [6.07, 6.45) is -10.1. The lowest BCUT2D eigenvalue weighted by Gasteiger charge is -2.48. The second-order valence-electron chi connectivity index (χ2n) is 16.6. The van der Waals surface area contributed by atoms with Crippen LogP contribution in [0, 0.1) is 23.7 Å². The number of hydrogen-bond donors (Lipinski definition) is 4. The average Bonchev–Trinajstić information content (AvgIpc) is 3.11. The van der Waals surface area contributed by atoms with Crippen molar-refractivity contribution in [3.63, 3.8) is 0 Å². The van der Waals surface area contributed by atoms with Crippen LogP contribution in [0.25, 0.3) is 0 Å². The number of esters is 2. The van der Waals surface area contributed by atoms with E-state index in [0.717, 1.165) is 0 Å². The molecule has 0 bridgehead atoms. The Kier molecular flexibility index (Phi) is 16.5. The van der Waals surface area contributed by atoms with Crippen molar-refractivity contribution in [2.75, 3.05) is 21.2 Å². The third-order valence-corrected chi connectivity index (χ3v) is 11.8. The number of hydrogen-bond acceptors (Lipinski definition) is 15. The molecule has 0 aromatic rings. The molecular weight excluding hydrogens is 706 g/mol. The van der Waals surface area contributed by atoms with Crippen LogP contribution < -0.4 is 0 Å². The second kappa shape index (κ2) is 19.1. The van der Waals surface area contributed by atoms with Crippen LogP contribution in [0.1, 0.15) is 101 Å². The molecule has 314 valence electrons. The van der Waals surface area contributed by atoms with E-state index in [4.69, 9.17) is 33.2 Å². The summed E-state index contributed by atoms with van der Waals surface area (Å²) in [7, 11) is 5.20. The molecular formula is C39H69NO14. The minimum atomic E-state index is -2.01. The Labute approximate surface area is 321 Å². The van der Waals surface area contributed by atoms with Gasteiger partial charge in [-0.2, -0.15) is 0 Å². The summed E-state index contributed by atoms with van der Waals surface area (Å²) in [5.41, 5.74) is -3.84. The highest BCUT2D eigenvalue weighted by atomic mass is 16.7. The number of aliphatic hydroxyl groups excluding tert-OH is 2. The number of nitrogens with zero attached hydrogens (tertiary/aromatic N) is 1.